The first-order valence-corrected chi connectivity index (χ1v) is 3.10. The van der Waals surface area contributed by atoms with Crippen LogP contribution in [0, 0.1) is 0 Å². The molecule has 0 saturated heterocycles. The molecule has 0 rings (SSSR count). The fourth-order valence-corrected chi connectivity index (χ4v) is 0.554. The minimum absolute atomic E-state index is 0.104. The molecule has 0 spiro atoms. The summed E-state index contributed by atoms with van der Waals surface area (Å²) in [7, 11) is 1.52. The van der Waals surface area contributed by atoms with Crippen LogP contribution in [0.15, 0.2) is 12.7 Å². The van der Waals surface area contributed by atoms with Crippen molar-refractivity contribution in [2.24, 2.45) is 0 Å². The van der Waals surface area contributed by atoms with Gasteiger partial charge in [-0.2, -0.15) is 0 Å². The Kier molecular flexibility index (Phi) is 5.68. The van der Waals surface area contributed by atoms with Crippen LogP contribution in [-0.2, 0) is 9.31 Å². The molecule has 0 aliphatic rings. The van der Waals surface area contributed by atoms with Gasteiger partial charge in [-0.15, -0.1) is 6.58 Å². The van der Waals surface area contributed by atoms with Gasteiger partial charge in [0.05, 0.1) is 0 Å². The summed E-state index contributed by atoms with van der Waals surface area (Å²) in [5, 5.41) is 0. The molecule has 0 amide bonds. The molecule has 2 nitrogen and oxygen atoms in total. The van der Waals surface area contributed by atoms with Crippen molar-refractivity contribution in [2.75, 3.05) is 13.7 Å². The van der Waals surface area contributed by atoms with Gasteiger partial charge in [0, 0.05) is 13.7 Å². The summed E-state index contributed by atoms with van der Waals surface area (Å²) in [6, 6.07) is 0. The zero-order chi connectivity index (χ0) is 7.11. The van der Waals surface area contributed by atoms with E-state index in [-0.39, 0.29) is 7.12 Å². The van der Waals surface area contributed by atoms with E-state index >= 15 is 0 Å². The minimum atomic E-state index is -0.104. The normalized spacial score (nSPS) is 9.11. The minimum Gasteiger partial charge on any atom is -0.414 e. The summed E-state index contributed by atoms with van der Waals surface area (Å²) in [5.74, 6) is 0. The lowest BCUT2D eigenvalue weighted by Crippen LogP contribution is -2.19. The highest BCUT2D eigenvalue weighted by Gasteiger charge is 2.11. The van der Waals surface area contributed by atoms with Crippen LogP contribution in [0.3, 0.4) is 0 Å². The molecule has 0 aliphatic heterocycles. The average Bonchev–Trinajstić information content (AvgIpc) is 1.88. The van der Waals surface area contributed by atoms with Crippen molar-refractivity contribution in [2.45, 2.75) is 13.2 Å². The Morgan fingerprint density at radius 1 is 1.67 bits per heavy atom. The van der Waals surface area contributed by atoms with Crippen LogP contribution in [0.1, 0.15) is 6.92 Å². The summed E-state index contributed by atoms with van der Waals surface area (Å²) < 4.78 is 10.1. The molecule has 0 aromatic carbocycles. The Balaban J connectivity index is 3.28. The quantitative estimate of drug-likeness (QED) is 0.410. The molecule has 0 aromatic rings. The summed E-state index contributed by atoms with van der Waals surface area (Å²) in [5.41, 5.74) is 0. The van der Waals surface area contributed by atoms with Crippen molar-refractivity contribution in [3.63, 3.8) is 0 Å². The van der Waals surface area contributed by atoms with Gasteiger partial charge in [0.25, 0.3) is 0 Å². The van der Waals surface area contributed by atoms with Gasteiger partial charge in [-0.25, -0.2) is 0 Å². The van der Waals surface area contributed by atoms with Crippen molar-refractivity contribution >= 4 is 7.12 Å². The highest BCUT2D eigenvalue weighted by Crippen LogP contribution is 1.94. The third-order valence-corrected chi connectivity index (χ3v) is 0.975. The average molecular weight is 128 g/mol. The Hall–Kier alpha value is -0.275. The smallest absolute Gasteiger partial charge is 0.414 e. The first kappa shape index (κ1) is 8.72. The van der Waals surface area contributed by atoms with E-state index in [0.29, 0.717) is 6.61 Å². The summed E-state index contributed by atoms with van der Waals surface area (Å²) >= 11 is 0. The summed E-state index contributed by atoms with van der Waals surface area (Å²) in [4.78, 5) is 0. The lowest BCUT2D eigenvalue weighted by Gasteiger charge is -2.06. The van der Waals surface area contributed by atoms with Gasteiger partial charge in [0.1, 0.15) is 0 Å². The monoisotopic (exact) mass is 128 g/mol. The SMILES string of the molecule is C=CCB(OC)OCC. The van der Waals surface area contributed by atoms with Crippen molar-refractivity contribution in [1.82, 2.24) is 0 Å². The van der Waals surface area contributed by atoms with E-state index in [1.807, 2.05) is 6.92 Å². The predicted molar refractivity (Wildman–Crippen MR) is 39.4 cm³/mol. The van der Waals surface area contributed by atoms with Crippen LogP contribution in [0.25, 0.3) is 0 Å². The molecule has 0 aliphatic carbocycles. The maximum Gasteiger partial charge on any atom is 0.460 e. The van der Waals surface area contributed by atoms with Gasteiger partial charge in [0.15, 0.2) is 0 Å². The lowest BCUT2D eigenvalue weighted by atomic mass is 9.85. The van der Waals surface area contributed by atoms with Crippen LogP contribution >= 0.6 is 0 Å². The molecule has 0 radical (unpaired) electrons. The van der Waals surface area contributed by atoms with E-state index in [9.17, 15) is 0 Å². The van der Waals surface area contributed by atoms with E-state index in [4.69, 9.17) is 9.31 Å². The number of allylic oxidation sites excluding steroid dienone is 1. The first-order valence-electron chi connectivity index (χ1n) is 3.10. The van der Waals surface area contributed by atoms with Crippen molar-refractivity contribution < 1.29 is 9.31 Å². The molecule has 0 atom stereocenters. The number of hydrogen-bond donors (Lipinski definition) is 0. The van der Waals surface area contributed by atoms with Gasteiger partial charge < -0.3 is 9.31 Å². The molecule has 0 aromatic heterocycles. The maximum absolute atomic E-state index is 5.14. The summed E-state index contributed by atoms with van der Waals surface area (Å²) in [6.45, 7) is 6.20. The van der Waals surface area contributed by atoms with Gasteiger partial charge in [-0.3, -0.25) is 0 Å². The third kappa shape index (κ3) is 4.24. The van der Waals surface area contributed by atoms with Crippen molar-refractivity contribution in [3.8, 4) is 0 Å². The second kappa shape index (κ2) is 5.85. The van der Waals surface area contributed by atoms with Gasteiger partial charge >= 0.3 is 7.12 Å². The Labute approximate surface area is 57.0 Å². The molecule has 3 heteroatoms. The van der Waals surface area contributed by atoms with Crippen LogP contribution in [0.4, 0.5) is 0 Å². The maximum atomic E-state index is 5.14. The fourth-order valence-electron chi connectivity index (χ4n) is 0.554. The third-order valence-electron chi connectivity index (χ3n) is 0.975. The molecule has 9 heavy (non-hydrogen) atoms. The van der Waals surface area contributed by atoms with E-state index < -0.39 is 0 Å². The van der Waals surface area contributed by atoms with Gasteiger partial charge in [0.2, 0.25) is 0 Å². The number of hydrogen-bond acceptors (Lipinski definition) is 2. The van der Waals surface area contributed by atoms with Crippen LogP contribution in [-0.4, -0.2) is 20.8 Å². The molecule has 0 unspecified atom stereocenters. The standard InChI is InChI=1S/C6H13BO2/c1-4-6-7(8-3)9-5-2/h4H,1,5-6H2,2-3H3. The van der Waals surface area contributed by atoms with Gasteiger partial charge in [-0.05, 0) is 13.2 Å². The molecule has 0 saturated carbocycles. The lowest BCUT2D eigenvalue weighted by molar-refractivity contribution is 0.244. The molecule has 0 heterocycles. The Morgan fingerprint density at radius 2 is 2.33 bits per heavy atom. The topological polar surface area (TPSA) is 18.5 Å². The Bertz CT molecular complexity index is 75.5. The van der Waals surface area contributed by atoms with Crippen molar-refractivity contribution in [1.29, 1.82) is 0 Å². The molecule has 0 N–H and O–H groups in total. The zero-order valence-electron chi connectivity index (χ0n) is 6.09. The highest BCUT2D eigenvalue weighted by atomic mass is 16.6. The second-order valence-electron chi connectivity index (χ2n) is 1.64. The molecular formula is C6H13BO2. The zero-order valence-corrected chi connectivity index (χ0v) is 6.09. The first-order chi connectivity index (χ1) is 4.35. The largest absolute Gasteiger partial charge is 0.460 e. The van der Waals surface area contributed by atoms with Crippen LogP contribution < -0.4 is 0 Å². The predicted octanol–water partition coefficient (Wildman–Crippen LogP) is 1.34. The van der Waals surface area contributed by atoms with Crippen LogP contribution in [0.2, 0.25) is 6.32 Å². The van der Waals surface area contributed by atoms with E-state index in [1.165, 1.54) is 0 Å². The second-order valence-corrected chi connectivity index (χ2v) is 1.64. The van der Waals surface area contributed by atoms with E-state index in [0.717, 1.165) is 6.32 Å². The molecular weight excluding hydrogens is 115 g/mol. The Morgan fingerprint density at radius 3 is 2.67 bits per heavy atom. The molecule has 0 fully saturated rings. The van der Waals surface area contributed by atoms with E-state index in [1.54, 1.807) is 13.2 Å². The highest BCUT2D eigenvalue weighted by molar-refractivity contribution is 6.44. The number of rotatable bonds is 5. The molecule has 52 valence electrons. The van der Waals surface area contributed by atoms with Crippen LogP contribution in [0.5, 0.6) is 0 Å². The van der Waals surface area contributed by atoms with E-state index in [2.05, 4.69) is 6.58 Å². The van der Waals surface area contributed by atoms with Crippen molar-refractivity contribution in [3.05, 3.63) is 12.7 Å². The molecule has 0 bridgehead atoms. The summed E-state index contributed by atoms with van der Waals surface area (Å²) in [6.07, 6.45) is 2.54. The van der Waals surface area contributed by atoms with Gasteiger partial charge in [-0.1, -0.05) is 6.08 Å². The fraction of sp³-hybridized carbons (Fsp3) is 0.667.